The van der Waals surface area contributed by atoms with E-state index in [1.54, 1.807) is 6.92 Å². The van der Waals surface area contributed by atoms with Crippen LogP contribution in [0.2, 0.25) is 0 Å². The van der Waals surface area contributed by atoms with Crippen molar-refractivity contribution in [2.45, 2.75) is 38.9 Å². The molecule has 4 nitrogen and oxygen atoms in total. The molecule has 4 heteroatoms. The summed E-state index contributed by atoms with van der Waals surface area (Å²) in [4.78, 5) is 23.9. The van der Waals surface area contributed by atoms with E-state index in [4.69, 9.17) is 4.74 Å². The van der Waals surface area contributed by atoms with Gasteiger partial charge in [-0.2, -0.15) is 0 Å². The lowest BCUT2D eigenvalue weighted by Gasteiger charge is -2.34. The summed E-state index contributed by atoms with van der Waals surface area (Å²) < 4.78 is 5.31. The van der Waals surface area contributed by atoms with Gasteiger partial charge in [-0.05, 0) is 19.3 Å². The minimum atomic E-state index is -0.928. The molecule has 5 atom stereocenters. The number of ketones is 1. The van der Waals surface area contributed by atoms with Crippen LogP contribution in [-0.4, -0.2) is 29.1 Å². The highest BCUT2D eigenvalue weighted by Crippen LogP contribution is 2.52. The van der Waals surface area contributed by atoms with Gasteiger partial charge < -0.3 is 9.84 Å². The molecule has 0 radical (unpaired) electrons. The van der Waals surface area contributed by atoms with Crippen LogP contribution < -0.4 is 0 Å². The van der Waals surface area contributed by atoms with Gasteiger partial charge in [-0.1, -0.05) is 25.2 Å². The molecule has 2 aliphatic carbocycles. The summed E-state index contributed by atoms with van der Waals surface area (Å²) in [7, 11) is 0. The van der Waals surface area contributed by atoms with Gasteiger partial charge in [-0.3, -0.25) is 4.79 Å². The summed E-state index contributed by atoms with van der Waals surface area (Å²) in [5.41, 5.74) is 0.394. The quantitative estimate of drug-likeness (QED) is 0.407. The monoisotopic (exact) mass is 262 g/mol. The number of fused-ring (bicyclic) bond motifs is 2. The maximum Gasteiger partial charge on any atom is 0.334 e. The third-order valence-electron chi connectivity index (χ3n) is 5.06. The Hall–Kier alpha value is -1.42. The fraction of sp³-hybridized carbons (Fsp3) is 0.600. The molecule has 1 N–H and O–H groups in total. The summed E-state index contributed by atoms with van der Waals surface area (Å²) in [6.07, 6.45) is 1.65. The average molecular weight is 262 g/mol. The molecule has 3 aliphatic rings. The zero-order chi connectivity index (χ0) is 13.9. The third-order valence-corrected chi connectivity index (χ3v) is 5.06. The Kier molecular flexibility index (Phi) is 2.52. The van der Waals surface area contributed by atoms with E-state index in [0.29, 0.717) is 18.4 Å². The van der Waals surface area contributed by atoms with Crippen LogP contribution in [0.4, 0.5) is 0 Å². The first kappa shape index (κ1) is 12.6. The number of ether oxygens (including phenoxy) is 1. The highest BCUT2D eigenvalue weighted by atomic mass is 16.6. The molecule has 0 aromatic heterocycles. The van der Waals surface area contributed by atoms with Crippen molar-refractivity contribution in [3.05, 3.63) is 23.8 Å². The van der Waals surface area contributed by atoms with Crippen molar-refractivity contribution in [1.29, 1.82) is 0 Å². The number of carbonyl (C=O) groups excluding carboxylic acids is 2. The van der Waals surface area contributed by atoms with E-state index in [2.05, 4.69) is 6.58 Å². The maximum absolute atomic E-state index is 12.2. The van der Waals surface area contributed by atoms with Gasteiger partial charge in [0.05, 0.1) is 17.4 Å². The number of rotatable bonds is 0. The molecule has 102 valence electrons. The molecule has 0 aromatic rings. The van der Waals surface area contributed by atoms with Crippen LogP contribution >= 0.6 is 0 Å². The predicted molar refractivity (Wildman–Crippen MR) is 68.1 cm³/mol. The Bertz CT molecular complexity index is 518. The second kappa shape index (κ2) is 3.79. The molecule has 0 amide bonds. The molecule has 0 aromatic carbocycles. The van der Waals surface area contributed by atoms with Crippen molar-refractivity contribution < 1.29 is 19.4 Å². The van der Waals surface area contributed by atoms with Crippen molar-refractivity contribution in [1.82, 2.24) is 0 Å². The zero-order valence-electron chi connectivity index (χ0n) is 11.2. The number of hydrogen-bond acceptors (Lipinski definition) is 4. The lowest BCUT2D eigenvalue weighted by atomic mass is 9.70. The second-order valence-electron chi connectivity index (χ2n) is 6.07. The number of carbonyl (C=O) groups is 2. The number of hydrogen-bond donors (Lipinski definition) is 1. The lowest BCUT2D eigenvalue weighted by molar-refractivity contribution is -0.140. The zero-order valence-corrected chi connectivity index (χ0v) is 11.2. The summed E-state index contributed by atoms with van der Waals surface area (Å²) in [5.74, 6) is -0.759. The van der Waals surface area contributed by atoms with Gasteiger partial charge in [0.25, 0.3) is 0 Å². The third kappa shape index (κ3) is 1.43. The summed E-state index contributed by atoms with van der Waals surface area (Å²) in [6.45, 7) is 7.55. The molecular formula is C15H18O4. The van der Waals surface area contributed by atoms with Crippen LogP contribution in [0.3, 0.4) is 0 Å². The number of esters is 1. The SMILES string of the molecule is C=C1C(=O)OC2CC(C)C3=CCC(=O)C3(C)C(O)C12. The highest BCUT2D eigenvalue weighted by Gasteiger charge is 2.58. The van der Waals surface area contributed by atoms with Gasteiger partial charge in [0.2, 0.25) is 0 Å². The van der Waals surface area contributed by atoms with Crippen molar-refractivity contribution in [3.8, 4) is 0 Å². The number of Topliss-reactive ketones (excluding diaryl/α,β-unsaturated/α-hetero) is 1. The Morgan fingerprint density at radius 2 is 2.16 bits per heavy atom. The standard InChI is InChI=1S/C15H18O4/c1-7-6-10-12(8(2)14(18)19-10)13(17)15(3)9(7)4-5-11(15)16/h4,7,10,12-13,17H,2,5-6H2,1,3H3. The van der Waals surface area contributed by atoms with Crippen molar-refractivity contribution in [3.63, 3.8) is 0 Å². The molecule has 1 saturated carbocycles. The molecule has 1 aliphatic heterocycles. The Balaban J connectivity index is 2.11. The first-order valence-electron chi connectivity index (χ1n) is 6.69. The summed E-state index contributed by atoms with van der Waals surface area (Å²) in [5, 5.41) is 10.7. The molecule has 1 heterocycles. The molecule has 19 heavy (non-hydrogen) atoms. The van der Waals surface area contributed by atoms with E-state index in [1.807, 2.05) is 13.0 Å². The molecule has 2 fully saturated rings. The van der Waals surface area contributed by atoms with Gasteiger partial charge >= 0.3 is 5.97 Å². The second-order valence-corrected chi connectivity index (χ2v) is 6.07. The predicted octanol–water partition coefficient (Wildman–Crippen LogP) is 1.39. The molecule has 0 bridgehead atoms. The lowest BCUT2D eigenvalue weighted by Crippen LogP contribution is -2.44. The Morgan fingerprint density at radius 1 is 1.47 bits per heavy atom. The molecular weight excluding hydrogens is 244 g/mol. The first-order valence-corrected chi connectivity index (χ1v) is 6.69. The van der Waals surface area contributed by atoms with Crippen LogP contribution in [0.5, 0.6) is 0 Å². The largest absolute Gasteiger partial charge is 0.458 e. The number of aliphatic hydroxyl groups is 1. The molecule has 1 saturated heterocycles. The average Bonchev–Trinajstić information content (AvgIpc) is 2.77. The van der Waals surface area contributed by atoms with Crippen LogP contribution in [0.1, 0.15) is 26.7 Å². The topological polar surface area (TPSA) is 63.6 Å². The Morgan fingerprint density at radius 3 is 2.84 bits per heavy atom. The van der Waals surface area contributed by atoms with Crippen LogP contribution in [0, 0.1) is 17.3 Å². The molecule has 5 unspecified atom stereocenters. The number of allylic oxidation sites excluding steroid dienone is 1. The van der Waals surface area contributed by atoms with Crippen LogP contribution in [-0.2, 0) is 14.3 Å². The van der Waals surface area contributed by atoms with E-state index in [9.17, 15) is 14.7 Å². The normalized spacial score (nSPS) is 45.4. The van der Waals surface area contributed by atoms with E-state index >= 15 is 0 Å². The van der Waals surface area contributed by atoms with Gasteiger partial charge in [-0.25, -0.2) is 4.79 Å². The number of aliphatic hydroxyl groups excluding tert-OH is 1. The van der Waals surface area contributed by atoms with Gasteiger partial charge in [0.1, 0.15) is 11.9 Å². The summed E-state index contributed by atoms with van der Waals surface area (Å²) in [6, 6.07) is 0. The van der Waals surface area contributed by atoms with Gasteiger partial charge in [-0.15, -0.1) is 0 Å². The Labute approximate surface area is 112 Å². The smallest absolute Gasteiger partial charge is 0.334 e. The van der Waals surface area contributed by atoms with Gasteiger partial charge in [0.15, 0.2) is 0 Å². The van der Waals surface area contributed by atoms with Crippen molar-refractivity contribution in [2.24, 2.45) is 17.3 Å². The molecule has 3 rings (SSSR count). The van der Waals surface area contributed by atoms with Crippen LogP contribution in [0.25, 0.3) is 0 Å². The van der Waals surface area contributed by atoms with Gasteiger partial charge in [0, 0.05) is 12.0 Å². The fourth-order valence-corrected chi connectivity index (χ4v) is 3.91. The minimum Gasteiger partial charge on any atom is -0.458 e. The molecule has 0 spiro atoms. The first-order chi connectivity index (χ1) is 8.87. The highest BCUT2D eigenvalue weighted by molar-refractivity contribution is 5.95. The van der Waals surface area contributed by atoms with E-state index in [0.717, 1.165) is 5.57 Å². The van der Waals surface area contributed by atoms with E-state index in [1.165, 1.54) is 0 Å². The van der Waals surface area contributed by atoms with Crippen LogP contribution in [0.15, 0.2) is 23.8 Å². The van der Waals surface area contributed by atoms with Crippen molar-refractivity contribution >= 4 is 11.8 Å². The maximum atomic E-state index is 12.2. The minimum absolute atomic E-state index is 0.0228. The fourth-order valence-electron chi connectivity index (χ4n) is 3.91. The van der Waals surface area contributed by atoms with Crippen molar-refractivity contribution in [2.75, 3.05) is 0 Å². The summed E-state index contributed by atoms with van der Waals surface area (Å²) >= 11 is 0. The van der Waals surface area contributed by atoms with E-state index in [-0.39, 0.29) is 17.8 Å². The van der Waals surface area contributed by atoms with E-state index < -0.39 is 23.4 Å².